The number of piperazine rings is 1. The fourth-order valence-electron chi connectivity index (χ4n) is 6.09. The van der Waals surface area contributed by atoms with Crippen LogP contribution < -0.4 is 4.74 Å². The Morgan fingerprint density at radius 3 is 2.53 bits per heavy atom. The molecule has 0 aliphatic carbocycles. The summed E-state index contributed by atoms with van der Waals surface area (Å²) in [5.74, 6) is 2.06. The maximum Gasteiger partial charge on any atom is 0.236 e. The summed E-state index contributed by atoms with van der Waals surface area (Å²) in [4.78, 5) is 22.8. The minimum absolute atomic E-state index is 0.300. The molecule has 6 heteroatoms. The highest BCUT2D eigenvalue weighted by Crippen LogP contribution is 2.42. The SMILES string of the molecule is COc1cccc([C@H]2CN(Cc3ccccc3)[C@@H]3CCN(C(=O)CN4CCN(C)CC4)C[C@H]23)c1. The van der Waals surface area contributed by atoms with Crippen LogP contribution in [0, 0.1) is 5.92 Å². The first-order valence-electron chi connectivity index (χ1n) is 12.7. The first kappa shape index (κ1) is 23.3. The first-order valence-corrected chi connectivity index (χ1v) is 12.7. The quantitative estimate of drug-likeness (QED) is 0.660. The molecule has 3 aliphatic rings. The third kappa shape index (κ3) is 5.14. The summed E-state index contributed by atoms with van der Waals surface area (Å²) in [6.07, 6.45) is 1.05. The molecule has 3 aliphatic heterocycles. The molecule has 3 fully saturated rings. The number of rotatable bonds is 6. The van der Waals surface area contributed by atoms with E-state index in [0.717, 1.165) is 64.5 Å². The van der Waals surface area contributed by atoms with Gasteiger partial charge in [0.25, 0.3) is 0 Å². The zero-order chi connectivity index (χ0) is 23.5. The first-order chi connectivity index (χ1) is 16.6. The van der Waals surface area contributed by atoms with Crippen molar-refractivity contribution in [2.75, 3.05) is 66.5 Å². The van der Waals surface area contributed by atoms with Crippen molar-refractivity contribution in [3.05, 3.63) is 65.7 Å². The van der Waals surface area contributed by atoms with Gasteiger partial charge in [0, 0.05) is 70.2 Å². The van der Waals surface area contributed by atoms with E-state index in [1.807, 2.05) is 6.07 Å². The number of amides is 1. The van der Waals surface area contributed by atoms with Gasteiger partial charge in [-0.1, -0.05) is 42.5 Å². The number of methoxy groups -OCH3 is 1. The van der Waals surface area contributed by atoms with Crippen LogP contribution in [0.15, 0.2) is 54.6 Å². The zero-order valence-electron chi connectivity index (χ0n) is 20.6. The average molecular weight is 463 g/mol. The summed E-state index contributed by atoms with van der Waals surface area (Å²) in [7, 11) is 3.89. The number of hydrogen-bond acceptors (Lipinski definition) is 5. The lowest BCUT2D eigenvalue weighted by Crippen LogP contribution is -2.53. The second-order valence-corrected chi connectivity index (χ2v) is 10.2. The van der Waals surface area contributed by atoms with Gasteiger partial charge >= 0.3 is 0 Å². The molecule has 1 amide bonds. The van der Waals surface area contributed by atoms with Crippen molar-refractivity contribution in [1.29, 1.82) is 0 Å². The zero-order valence-corrected chi connectivity index (χ0v) is 20.6. The fourth-order valence-corrected chi connectivity index (χ4v) is 6.09. The van der Waals surface area contributed by atoms with E-state index < -0.39 is 0 Å². The smallest absolute Gasteiger partial charge is 0.236 e. The summed E-state index contributed by atoms with van der Waals surface area (Å²) >= 11 is 0. The van der Waals surface area contributed by atoms with Crippen LogP contribution in [0.5, 0.6) is 5.75 Å². The molecule has 0 spiro atoms. The summed E-state index contributed by atoms with van der Waals surface area (Å²) in [5, 5.41) is 0. The molecule has 34 heavy (non-hydrogen) atoms. The van der Waals surface area contributed by atoms with Crippen molar-refractivity contribution >= 4 is 5.91 Å². The Morgan fingerprint density at radius 2 is 1.76 bits per heavy atom. The predicted molar refractivity (Wildman–Crippen MR) is 135 cm³/mol. The van der Waals surface area contributed by atoms with Crippen molar-refractivity contribution in [1.82, 2.24) is 19.6 Å². The highest BCUT2D eigenvalue weighted by Gasteiger charge is 2.46. The van der Waals surface area contributed by atoms with E-state index in [-0.39, 0.29) is 0 Å². The van der Waals surface area contributed by atoms with Crippen molar-refractivity contribution in [2.24, 2.45) is 5.92 Å². The molecule has 0 unspecified atom stereocenters. The molecule has 0 saturated carbocycles. The highest BCUT2D eigenvalue weighted by atomic mass is 16.5. The van der Waals surface area contributed by atoms with Crippen molar-refractivity contribution in [3.63, 3.8) is 0 Å². The van der Waals surface area contributed by atoms with Gasteiger partial charge in [0.2, 0.25) is 5.91 Å². The number of carbonyl (C=O) groups is 1. The third-order valence-electron chi connectivity index (χ3n) is 8.10. The minimum atomic E-state index is 0.300. The monoisotopic (exact) mass is 462 g/mol. The predicted octanol–water partition coefficient (Wildman–Crippen LogP) is 2.76. The van der Waals surface area contributed by atoms with Gasteiger partial charge in [0.1, 0.15) is 5.75 Å². The lowest BCUT2D eigenvalue weighted by Gasteiger charge is -2.40. The Bertz CT molecular complexity index is 960. The van der Waals surface area contributed by atoms with Gasteiger partial charge in [-0.2, -0.15) is 0 Å². The number of benzene rings is 2. The van der Waals surface area contributed by atoms with Gasteiger partial charge < -0.3 is 14.5 Å². The molecule has 6 nitrogen and oxygen atoms in total. The number of piperidine rings is 1. The Kier molecular flexibility index (Phi) is 7.18. The van der Waals surface area contributed by atoms with Crippen LogP contribution in [0.25, 0.3) is 0 Å². The summed E-state index contributed by atoms with van der Waals surface area (Å²) in [5.41, 5.74) is 2.69. The molecule has 0 radical (unpaired) electrons. The van der Waals surface area contributed by atoms with Gasteiger partial charge in [0.05, 0.1) is 13.7 Å². The number of nitrogens with zero attached hydrogens (tertiary/aromatic N) is 4. The molecule has 3 saturated heterocycles. The normalized spacial score (nSPS) is 26.4. The van der Waals surface area contributed by atoms with Crippen LogP contribution in [0.2, 0.25) is 0 Å². The molecule has 0 aromatic heterocycles. The van der Waals surface area contributed by atoms with E-state index in [4.69, 9.17) is 4.74 Å². The highest BCUT2D eigenvalue weighted by molar-refractivity contribution is 5.78. The van der Waals surface area contributed by atoms with E-state index in [1.54, 1.807) is 7.11 Å². The van der Waals surface area contributed by atoms with E-state index in [1.165, 1.54) is 11.1 Å². The van der Waals surface area contributed by atoms with Crippen LogP contribution in [-0.2, 0) is 11.3 Å². The number of carbonyl (C=O) groups excluding carboxylic acids is 1. The number of likely N-dealkylation sites (N-methyl/N-ethyl adjacent to an activating group) is 1. The lowest BCUT2D eigenvalue weighted by molar-refractivity contribution is -0.135. The van der Waals surface area contributed by atoms with Crippen LogP contribution >= 0.6 is 0 Å². The van der Waals surface area contributed by atoms with Gasteiger partial charge in [-0.15, -0.1) is 0 Å². The van der Waals surface area contributed by atoms with Crippen molar-refractivity contribution in [2.45, 2.75) is 24.9 Å². The molecule has 5 rings (SSSR count). The Morgan fingerprint density at radius 1 is 0.971 bits per heavy atom. The van der Waals surface area contributed by atoms with E-state index in [0.29, 0.717) is 30.3 Å². The summed E-state index contributed by atoms with van der Waals surface area (Å²) in [6.45, 7) is 8.33. The standard InChI is InChI=1S/C28H38N4O2/c1-29-13-15-30(16-14-29)21-28(33)31-12-11-27-26(20-31)25(23-9-6-10-24(17-23)34-2)19-32(27)18-22-7-4-3-5-8-22/h3-10,17,25-27H,11-16,18-21H2,1-2H3/t25-,26-,27-/m1/s1. The fraction of sp³-hybridized carbons (Fsp3) is 0.536. The Hall–Kier alpha value is -2.41. The van der Waals surface area contributed by atoms with E-state index in [2.05, 4.69) is 75.2 Å². The van der Waals surface area contributed by atoms with Crippen molar-refractivity contribution < 1.29 is 9.53 Å². The number of likely N-dealkylation sites (tertiary alicyclic amines) is 2. The molecule has 0 N–H and O–H groups in total. The van der Waals surface area contributed by atoms with Crippen molar-refractivity contribution in [3.8, 4) is 5.75 Å². The van der Waals surface area contributed by atoms with Gasteiger partial charge in [-0.25, -0.2) is 0 Å². The molecule has 0 bridgehead atoms. The Labute approximate surface area is 204 Å². The van der Waals surface area contributed by atoms with E-state index >= 15 is 0 Å². The van der Waals surface area contributed by atoms with Gasteiger partial charge in [0.15, 0.2) is 0 Å². The summed E-state index contributed by atoms with van der Waals surface area (Å²) in [6, 6.07) is 19.8. The topological polar surface area (TPSA) is 39.3 Å². The third-order valence-corrected chi connectivity index (χ3v) is 8.10. The molecule has 2 aromatic rings. The number of fused-ring (bicyclic) bond motifs is 1. The molecule has 182 valence electrons. The Balaban J connectivity index is 1.32. The largest absolute Gasteiger partial charge is 0.497 e. The number of ether oxygens (including phenoxy) is 1. The van der Waals surface area contributed by atoms with Gasteiger partial charge in [-0.05, 0) is 36.7 Å². The average Bonchev–Trinajstić information content (AvgIpc) is 3.23. The lowest BCUT2D eigenvalue weighted by atomic mass is 9.81. The molecular formula is C28H38N4O2. The van der Waals surface area contributed by atoms with Crippen LogP contribution in [0.4, 0.5) is 0 Å². The molecule has 3 atom stereocenters. The second kappa shape index (κ2) is 10.5. The molecular weight excluding hydrogens is 424 g/mol. The maximum absolute atomic E-state index is 13.3. The molecule has 3 heterocycles. The summed E-state index contributed by atoms with van der Waals surface area (Å²) < 4.78 is 5.54. The van der Waals surface area contributed by atoms with Gasteiger partial charge in [-0.3, -0.25) is 14.6 Å². The van der Waals surface area contributed by atoms with Crippen LogP contribution in [0.3, 0.4) is 0 Å². The maximum atomic E-state index is 13.3. The van der Waals surface area contributed by atoms with E-state index in [9.17, 15) is 4.79 Å². The minimum Gasteiger partial charge on any atom is -0.497 e. The van der Waals surface area contributed by atoms with Crippen LogP contribution in [-0.4, -0.2) is 98.1 Å². The molecule has 2 aromatic carbocycles. The van der Waals surface area contributed by atoms with Crippen LogP contribution in [0.1, 0.15) is 23.5 Å². The second-order valence-electron chi connectivity index (χ2n) is 10.2. The number of hydrogen-bond donors (Lipinski definition) is 0.